The van der Waals surface area contributed by atoms with Gasteiger partial charge in [-0.2, -0.15) is 0 Å². The fourth-order valence-corrected chi connectivity index (χ4v) is 2.23. The summed E-state index contributed by atoms with van der Waals surface area (Å²) in [5, 5.41) is 1.20. The molecular formula is C13H18Cl2O. The molecular weight excluding hydrogens is 243 g/mol. The monoisotopic (exact) mass is 260 g/mol. The van der Waals surface area contributed by atoms with Crippen LogP contribution in [-0.2, 0) is 0 Å². The highest BCUT2D eigenvalue weighted by Crippen LogP contribution is 2.34. The maximum Gasteiger partial charge on any atom is 0.156 e. The molecule has 0 spiro atoms. The summed E-state index contributed by atoms with van der Waals surface area (Å²) in [7, 11) is 0. The van der Waals surface area contributed by atoms with Crippen molar-refractivity contribution in [1.82, 2.24) is 0 Å². The number of hydrogen-bond donors (Lipinski definition) is 0. The summed E-state index contributed by atoms with van der Waals surface area (Å²) in [6.07, 6.45) is 4.72. The Balaban J connectivity index is 2.47. The summed E-state index contributed by atoms with van der Waals surface area (Å²) in [5.41, 5.74) is 1.05. The molecule has 0 aliphatic heterocycles. The van der Waals surface area contributed by atoms with Gasteiger partial charge in [0, 0.05) is 0 Å². The summed E-state index contributed by atoms with van der Waals surface area (Å²) < 4.78 is 5.61. The van der Waals surface area contributed by atoms with E-state index in [1.165, 1.54) is 19.3 Å². The Morgan fingerprint density at radius 3 is 2.25 bits per heavy atom. The van der Waals surface area contributed by atoms with Crippen molar-refractivity contribution < 1.29 is 4.74 Å². The van der Waals surface area contributed by atoms with Gasteiger partial charge in [0.05, 0.1) is 16.7 Å². The lowest BCUT2D eigenvalue weighted by molar-refractivity contribution is 0.305. The zero-order valence-corrected chi connectivity index (χ0v) is 11.4. The number of ether oxygens (including phenoxy) is 1. The molecule has 0 bridgehead atoms. The van der Waals surface area contributed by atoms with Gasteiger partial charge < -0.3 is 4.74 Å². The van der Waals surface area contributed by atoms with Crippen LogP contribution in [0, 0.1) is 6.92 Å². The highest BCUT2D eigenvalue weighted by molar-refractivity contribution is 6.37. The second-order valence-corrected chi connectivity index (χ2v) is 4.78. The molecule has 0 amide bonds. The predicted octanol–water partition coefficient (Wildman–Crippen LogP) is 5.26. The molecule has 0 heterocycles. The third kappa shape index (κ3) is 4.23. The molecule has 0 aromatic heterocycles. The van der Waals surface area contributed by atoms with Crippen LogP contribution in [0.2, 0.25) is 10.0 Å². The Kier molecular flexibility index (Phi) is 6.00. The second-order valence-electron chi connectivity index (χ2n) is 3.97. The van der Waals surface area contributed by atoms with Crippen LogP contribution in [0.5, 0.6) is 5.75 Å². The summed E-state index contributed by atoms with van der Waals surface area (Å²) in [6, 6.07) is 3.74. The van der Waals surface area contributed by atoms with Crippen LogP contribution in [0.25, 0.3) is 0 Å². The van der Waals surface area contributed by atoms with Crippen molar-refractivity contribution in [3.63, 3.8) is 0 Å². The van der Waals surface area contributed by atoms with Gasteiger partial charge in [-0.1, -0.05) is 49.4 Å². The molecule has 0 aliphatic rings. The maximum absolute atomic E-state index is 6.07. The highest BCUT2D eigenvalue weighted by atomic mass is 35.5. The standard InChI is InChI=1S/C13H18Cl2O/c1-3-4-5-6-7-16-13-11(14)8-10(2)9-12(13)15/h8-9H,3-7H2,1-2H3. The van der Waals surface area contributed by atoms with Crippen molar-refractivity contribution >= 4 is 23.2 Å². The molecule has 3 heteroatoms. The number of halogens is 2. The lowest BCUT2D eigenvalue weighted by atomic mass is 10.2. The minimum atomic E-state index is 0.598. The second kappa shape index (κ2) is 7.03. The molecule has 0 fully saturated rings. The van der Waals surface area contributed by atoms with Gasteiger partial charge in [0.2, 0.25) is 0 Å². The fraction of sp³-hybridized carbons (Fsp3) is 0.538. The summed E-state index contributed by atoms with van der Waals surface area (Å²) >= 11 is 12.1. The van der Waals surface area contributed by atoms with Crippen LogP contribution >= 0.6 is 23.2 Å². The molecule has 0 aliphatic carbocycles. The van der Waals surface area contributed by atoms with Gasteiger partial charge in [0.15, 0.2) is 5.75 Å². The summed E-state index contributed by atoms with van der Waals surface area (Å²) in [5.74, 6) is 0.616. The van der Waals surface area contributed by atoms with Crippen molar-refractivity contribution in [3.8, 4) is 5.75 Å². The number of benzene rings is 1. The molecule has 0 atom stereocenters. The van der Waals surface area contributed by atoms with E-state index in [0.717, 1.165) is 12.0 Å². The van der Waals surface area contributed by atoms with Crippen LogP contribution in [0.3, 0.4) is 0 Å². The Morgan fingerprint density at radius 2 is 1.69 bits per heavy atom. The van der Waals surface area contributed by atoms with E-state index in [9.17, 15) is 0 Å². The Morgan fingerprint density at radius 1 is 1.06 bits per heavy atom. The van der Waals surface area contributed by atoms with E-state index in [1.54, 1.807) is 0 Å². The zero-order valence-electron chi connectivity index (χ0n) is 9.85. The average Bonchev–Trinajstić information content (AvgIpc) is 2.20. The van der Waals surface area contributed by atoms with Crippen molar-refractivity contribution in [3.05, 3.63) is 27.7 Å². The van der Waals surface area contributed by atoms with E-state index in [0.29, 0.717) is 22.4 Å². The molecule has 0 radical (unpaired) electrons. The van der Waals surface area contributed by atoms with E-state index in [2.05, 4.69) is 6.92 Å². The Bertz CT molecular complexity index is 314. The average molecular weight is 261 g/mol. The molecule has 0 unspecified atom stereocenters. The minimum Gasteiger partial charge on any atom is -0.490 e. The molecule has 90 valence electrons. The van der Waals surface area contributed by atoms with Crippen molar-refractivity contribution in [2.24, 2.45) is 0 Å². The smallest absolute Gasteiger partial charge is 0.156 e. The van der Waals surface area contributed by atoms with E-state index in [1.807, 2.05) is 19.1 Å². The predicted molar refractivity (Wildman–Crippen MR) is 70.8 cm³/mol. The van der Waals surface area contributed by atoms with Crippen LogP contribution in [0.4, 0.5) is 0 Å². The lowest BCUT2D eigenvalue weighted by Gasteiger charge is -2.10. The SMILES string of the molecule is CCCCCCOc1c(Cl)cc(C)cc1Cl. The molecule has 0 saturated carbocycles. The van der Waals surface area contributed by atoms with Gasteiger partial charge in [0.1, 0.15) is 0 Å². The Hall–Kier alpha value is -0.400. The fourth-order valence-electron chi connectivity index (χ4n) is 1.53. The molecule has 16 heavy (non-hydrogen) atoms. The lowest BCUT2D eigenvalue weighted by Crippen LogP contribution is -1.98. The van der Waals surface area contributed by atoms with Crippen LogP contribution in [0.1, 0.15) is 38.2 Å². The number of unbranched alkanes of at least 4 members (excludes halogenated alkanes) is 3. The topological polar surface area (TPSA) is 9.23 Å². The van der Waals surface area contributed by atoms with Crippen LogP contribution in [0.15, 0.2) is 12.1 Å². The van der Waals surface area contributed by atoms with Crippen LogP contribution in [-0.4, -0.2) is 6.61 Å². The van der Waals surface area contributed by atoms with Gasteiger partial charge in [-0.05, 0) is 31.0 Å². The molecule has 1 aromatic rings. The zero-order chi connectivity index (χ0) is 12.0. The number of aryl methyl sites for hydroxylation is 1. The van der Waals surface area contributed by atoms with Gasteiger partial charge in [0.25, 0.3) is 0 Å². The molecule has 1 rings (SSSR count). The van der Waals surface area contributed by atoms with E-state index in [4.69, 9.17) is 27.9 Å². The quantitative estimate of drug-likeness (QED) is 0.634. The first-order valence-electron chi connectivity index (χ1n) is 5.73. The Labute approximate surface area is 108 Å². The van der Waals surface area contributed by atoms with Gasteiger partial charge >= 0.3 is 0 Å². The van der Waals surface area contributed by atoms with Crippen molar-refractivity contribution in [2.75, 3.05) is 6.61 Å². The normalized spacial score (nSPS) is 10.5. The summed E-state index contributed by atoms with van der Waals surface area (Å²) in [4.78, 5) is 0. The third-order valence-corrected chi connectivity index (χ3v) is 2.95. The van der Waals surface area contributed by atoms with Gasteiger partial charge in [-0.3, -0.25) is 0 Å². The number of hydrogen-bond acceptors (Lipinski definition) is 1. The van der Waals surface area contributed by atoms with E-state index >= 15 is 0 Å². The minimum absolute atomic E-state index is 0.598. The molecule has 0 saturated heterocycles. The molecule has 1 aromatic carbocycles. The maximum atomic E-state index is 6.07. The highest BCUT2D eigenvalue weighted by Gasteiger charge is 2.07. The molecule has 0 N–H and O–H groups in total. The first kappa shape index (κ1) is 13.7. The first-order chi connectivity index (χ1) is 7.65. The first-order valence-corrected chi connectivity index (χ1v) is 6.49. The van der Waals surface area contributed by atoms with Gasteiger partial charge in [-0.25, -0.2) is 0 Å². The molecule has 1 nitrogen and oxygen atoms in total. The largest absolute Gasteiger partial charge is 0.490 e. The van der Waals surface area contributed by atoms with E-state index < -0.39 is 0 Å². The van der Waals surface area contributed by atoms with Crippen LogP contribution < -0.4 is 4.74 Å². The van der Waals surface area contributed by atoms with Crippen molar-refractivity contribution in [1.29, 1.82) is 0 Å². The summed E-state index contributed by atoms with van der Waals surface area (Å²) in [6.45, 7) is 4.83. The van der Waals surface area contributed by atoms with Crippen molar-refractivity contribution in [2.45, 2.75) is 39.5 Å². The number of rotatable bonds is 6. The third-order valence-electron chi connectivity index (χ3n) is 2.39. The van der Waals surface area contributed by atoms with E-state index in [-0.39, 0.29) is 0 Å². The van der Waals surface area contributed by atoms with Gasteiger partial charge in [-0.15, -0.1) is 0 Å².